The highest BCUT2D eigenvalue weighted by Crippen LogP contribution is 2.38. The minimum atomic E-state index is -0.956. The van der Waals surface area contributed by atoms with Crippen molar-refractivity contribution in [1.82, 2.24) is 14.8 Å². The highest BCUT2D eigenvalue weighted by Gasteiger charge is 2.40. The average molecular weight is 446 g/mol. The van der Waals surface area contributed by atoms with E-state index in [4.69, 9.17) is 16.3 Å². The number of halogens is 1. The molecule has 2 aliphatic heterocycles. The van der Waals surface area contributed by atoms with Crippen LogP contribution in [0.2, 0.25) is 5.15 Å². The van der Waals surface area contributed by atoms with Crippen LogP contribution in [0.1, 0.15) is 42.6 Å². The zero-order valence-corrected chi connectivity index (χ0v) is 18.3. The van der Waals surface area contributed by atoms with Crippen molar-refractivity contribution in [2.75, 3.05) is 19.6 Å². The van der Waals surface area contributed by atoms with E-state index in [1.54, 1.807) is 39.0 Å². The number of nitrogens with zero attached hydrogens (tertiary/aromatic N) is 2. The molecular formula is C22H24ClN3O5. The Hall–Kier alpha value is -3.00. The molecule has 8 nitrogen and oxygen atoms in total. The standard InChI is InChI=1S/C22H24ClN3O5/c1-22(2,3)31-21(30)26-17(6-7-18(26)23)12-4-5-14-15(8-12)19(27)24-9-13-10-25(20(28)29)11-16(13)14/h4-8,13,16H,9-11H2,1-3H3,(H,24,27)(H,28,29). The lowest BCUT2D eigenvalue weighted by Crippen LogP contribution is -2.31. The molecule has 2 N–H and O–H groups in total. The number of fused-ring (bicyclic) bond motifs is 3. The molecule has 1 aromatic carbocycles. The summed E-state index contributed by atoms with van der Waals surface area (Å²) in [5.41, 5.74) is 1.75. The third-order valence-corrected chi connectivity index (χ3v) is 5.93. The molecule has 0 aliphatic carbocycles. The van der Waals surface area contributed by atoms with Gasteiger partial charge in [0, 0.05) is 37.0 Å². The zero-order valence-electron chi connectivity index (χ0n) is 17.5. The summed E-state index contributed by atoms with van der Waals surface area (Å²) in [5, 5.41) is 12.5. The van der Waals surface area contributed by atoms with E-state index in [0.29, 0.717) is 36.5 Å². The number of carboxylic acid groups (broad SMARTS) is 1. The molecule has 0 spiro atoms. The maximum atomic E-state index is 12.8. The second-order valence-electron chi connectivity index (χ2n) is 8.92. The topological polar surface area (TPSA) is 101 Å². The number of likely N-dealkylation sites (tertiary alicyclic amines) is 1. The van der Waals surface area contributed by atoms with Crippen molar-refractivity contribution in [3.63, 3.8) is 0 Å². The van der Waals surface area contributed by atoms with Gasteiger partial charge in [0.2, 0.25) is 0 Å². The van der Waals surface area contributed by atoms with Crippen molar-refractivity contribution in [3.05, 3.63) is 46.6 Å². The molecule has 2 atom stereocenters. The number of benzene rings is 1. The van der Waals surface area contributed by atoms with Gasteiger partial charge in [-0.25, -0.2) is 14.2 Å². The van der Waals surface area contributed by atoms with Crippen LogP contribution in [-0.2, 0) is 4.74 Å². The molecule has 0 bridgehead atoms. The van der Waals surface area contributed by atoms with Crippen molar-refractivity contribution in [3.8, 4) is 11.3 Å². The molecule has 164 valence electrons. The van der Waals surface area contributed by atoms with Crippen molar-refractivity contribution in [2.45, 2.75) is 32.3 Å². The second-order valence-corrected chi connectivity index (χ2v) is 9.31. The lowest BCUT2D eigenvalue weighted by atomic mass is 9.86. The molecule has 1 aromatic heterocycles. The monoisotopic (exact) mass is 445 g/mol. The molecule has 2 amide bonds. The first-order valence-corrected chi connectivity index (χ1v) is 10.4. The third kappa shape index (κ3) is 3.99. The molecular weight excluding hydrogens is 422 g/mol. The molecule has 2 aliphatic rings. The van der Waals surface area contributed by atoms with Crippen LogP contribution in [-0.4, -0.2) is 57.9 Å². The molecule has 31 heavy (non-hydrogen) atoms. The summed E-state index contributed by atoms with van der Waals surface area (Å²) in [6, 6.07) is 8.70. The molecule has 0 radical (unpaired) electrons. The lowest BCUT2D eigenvalue weighted by Gasteiger charge is -2.21. The van der Waals surface area contributed by atoms with Crippen LogP contribution in [0.25, 0.3) is 11.3 Å². The molecule has 3 heterocycles. The summed E-state index contributed by atoms with van der Waals surface area (Å²) in [4.78, 5) is 38.3. The number of ether oxygens (including phenoxy) is 1. The van der Waals surface area contributed by atoms with Gasteiger partial charge >= 0.3 is 12.2 Å². The van der Waals surface area contributed by atoms with Gasteiger partial charge in [0.25, 0.3) is 5.91 Å². The summed E-state index contributed by atoms with van der Waals surface area (Å²) < 4.78 is 6.74. The van der Waals surface area contributed by atoms with Gasteiger partial charge in [-0.3, -0.25) is 4.79 Å². The third-order valence-electron chi connectivity index (χ3n) is 5.64. The SMILES string of the molecule is CC(C)(C)OC(=O)n1c(Cl)ccc1-c1ccc2c(c1)C(=O)NCC1CN(C(=O)O)CC21. The number of hydrogen-bond acceptors (Lipinski definition) is 4. The molecule has 1 saturated heterocycles. The summed E-state index contributed by atoms with van der Waals surface area (Å²) in [6.07, 6.45) is -1.56. The number of carbonyl (C=O) groups excluding carboxylic acids is 2. The minimum absolute atomic E-state index is 0.0206. The van der Waals surface area contributed by atoms with Crippen LogP contribution in [0.15, 0.2) is 30.3 Å². The number of aromatic nitrogens is 1. The van der Waals surface area contributed by atoms with Gasteiger partial charge in [0.15, 0.2) is 0 Å². The fourth-order valence-electron chi connectivity index (χ4n) is 4.27. The number of hydrogen-bond donors (Lipinski definition) is 2. The lowest BCUT2D eigenvalue weighted by molar-refractivity contribution is 0.0540. The van der Waals surface area contributed by atoms with E-state index < -0.39 is 17.8 Å². The molecule has 2 aromatic rings. The van der Waals surface area contributed by atoms with Crippen molar-refractivity contribution in [2.24, 2.45) is 5.92 Å². The molecule has 1 fully saturated rings. The first-order chi connectivity index (χ1) is 14.5. The van der Waals surface area contributed by atoms with Crippen LogP contribution in [0, 0.1) is 5.92 Å². The van der Waals surface area contributed by atoms with Gasteiger partial charge in [-0.2, -0.15) is 0 Å². The van der Waals surface area contributed by atoms with Gasteiger partial charge in [-0.1, -0.05) is 23.7 Å². The number of amides is 2. The predicted molar refractivity (Wildman–Crippen MR) is 115 cm³/mol. The minimum Gasteiger partial charge on any atom is -0.465 e. The highest BCUT2D eigenvalue weighted by atomic mass is 35.5. The Labute approximate surface area is 184 Å². The van der Waals surface area contributed by atoms with Crippen LogP contribution >= 0.6 is 11.6 Å². The Morgan fingerprint density at radius 1 is 1.19 bits per heavy atom. The molecule has 4 rings (SSSR count). The summed E-state index contributed by atoms with van der Waals surface area (Å²) in [5.74, 6) is -0.262. The van der Waals surface area contributed by atoms with E-state index in [1.165, 1.54) is 9.47 Å². The summed E-state index contributed by atoms with van der Waals surface area (Å²) in [7, 11) is 0. The van der Waals surface area contributed by atoms with Gasteiger partial charge in [-0.05, 0) is 50.1 Å². The van der Waals surface area contributed by atoms with E-state index in [0.717, 1.165) is 5.56 Å². The van der Waals surface area contributed by atoms with Crippen LogP contribution in [0.4, 0.5) is 9.59 Å². The quantitative estimate of drug-likeness (QED) is 0.690. The smallest absolute Gasteiger partial charge is 0.420 e. The number of rotatable bonds is 1. The van der Waals surface area contributed by atoms with Crippen LogP contribution in [0.5, 0.6) is 0 Å². The zero-order chi connectivity index (χ0) is 22.5. The van der Waals surface area contributed by atoms with E-state index in [9.17, 15) is 19.5 Å². The number of nitrogens with one attached hydrogen (secondary N) is 1. The van der Waals surface area contributed by atoms with E-state index >= 15 is 0 Å². The second kappa shape index (κ2) is 7.60. The maximum Gasteiger partial charge on any atom is 0.420 e. The Morgan fingerprint density at radius 2 is 1.94 bits per heavy atom. The average Bonchev–Trinajstić information content (AvgIpc) is 3.25. The summed E-state index contributed by atoms with van der Waals surface area (Å²) >= 11 is 6.26. The van der Waals surface area contributed by atoms with Crippen molar-refractivity contribution in [1.29, 1.82) is 0 Å². The predicted octanol–water partition coefficient (Wildman–Crippen LogP) is 4.03. The van der Waals surface area contributed by atoms with Gasteiger partial charge in [-0.15, -0.1) is 0 Å². The van der Waals surface area contributed by atoms with Crippen LogP contribution in [0.3, 0.4) is 0 Å². The van der Waals surface area contributed by atoms with E-state index in [-0.39, 0.29) is 22.9 Å². The Balaban J connectivity index is 1.74. The summed E-state index contributed by atoms with van der Waals surface area (Å²) in [6.45, 7) is 6.46. The Bertz CT molecular complexity index is 1070. The van der Waals surface area contributed by atoms with Gasteiger partial charge < -0.3 is 20.1 Å². The van der Waals surface area contributed by atoms with Gasteiger partial charge in [0.1, 0.15) is 10.8 Å². The van der Waals surface area contributed by atoms with E-state index in [2.05, 4.69) is 5.32 Å². The maximum absolute atomic E-state index is 12.8. The van der Waals surface area contributed by atoms with Gasteiger partial charge in [0.05, 0.1) is 5.69 Å². The largest absolute Gasteiger partial charge is 0.465 e. The first-order valence-electron chi connectivity index (χ1n) is 10.1. The fourth-order valence-corrected chi connectivity index (χ4v) is 4.49. The molecule has 2 unspecified atom stereocenters. The molecule has 0 saturated carbocycles. The Kier molecular flexibility index (Phi) is 5.21. The Morgan fingerprint density at radius 3 is 2.61 bits per heavy atom. The van der Waals surface area contributed by atoms with Crippen LogP contribution < -0.4 is 5.32 Å². The fraction of sp³-hybridized carbons (Fsp3) is 0.409. The normalized spacial score (nSPS) is 20.5. The highest BCUT2D eigenvalue weighted by molar-refractivity contribution is 6.30. The van der Waals surface area contributed by atoms with Crippen molar-refractivity contribution < 1.29 is 24.2 Å². The number of carbonyl (C=O) groups is 3. The van der Waals surface area contributed by atoms with Crippen molar-refractivity contribution >= 4 is 29.7 Å². The first kappa shape index (κ1) is 21.2. The van der Waals surface area contributed by atoms with E-state index in [1.807, 2.05) is 12.1 Å². The molecule has 9 heteroatoms.